The largest absolute Gasteiger partial charge is 0.425 e. The second kappa shape index (κ2) is 7.98. The SMILES string of the molecule is CC(=O)SC#CC(C)=C(C#CSC(C)=O)C(F)(F)F. The number of halogens is 3. The van der Waals surface area contributed by atoms with E-state index in [4.69, 9.17) is 0 Å². The number of hydrogen-bond acceptors (Lipinski definition) is 4. The minimum atomic E-state index is -4.65. The lowest BCUT2D eigenvalue weighted by Gasteiger charge is -2.06. The Labute approximate surface area is 117 Å². The van der Waals surface area contributed by atoms with Gasteiger partial charge in [-0.05, 0) is 23.3 Å². The fraction of sp³-hybridized carbons (Fsp3) is 0.333. The van der Waals surface area contributed by atoms with Gasteiger partial charge in [0.15, 0.2) is 10.2 Å². The van der Waals surface area contributed by atoms with E-state index in [0.29, 0.717) is 23.5 Å². The van der Waals surface area contributed by atoms with E-state index in [2.05, 4.69) is 16.4 Å². The van der Waals surface area contributed by atoms with Crippen molar-refractivity contribution in [2.45, 2.75) is 26.9 Å². The van der Waals surface area contributed by atoms with Gasteiger partial charge in [0, 0.05) is 42.9 Å². The van der Waals surface area contributed by atoms with Gasteiger partial charge in [-0.25, -0.2) is 0 Å². The van der Waals surface area contributed by atoms with E-state index in [1.807, 2.05) is 5.92 Å². The monoisotopic (exact) mass is 306 g/mol. The molecule has 19 heavy (non-hydrogen) atoms. The molecule has 102 valence electrons. The van der Waals surface area contributed by atoms with Crippen molar-refractivity contribution in [3.8, 4) is 22.3 Å². The molecule has 0 aliphatic carbocycles. The van der Waals surface area contributed by atoms with Crippen LogP contribution in [0.3, 0.4) is 0 Å². The van der Waals surface area contributed by atoms with Gasteiger partial charge in [0.05, 0.1) is 0 Å². The van der Waals surface area contributed by atoms with Crippen LogP contribution in [0.25, 0.3) is 0 Å². The van der Waals surface area contributed by atoms with Crippen molar-refractivity contribution < 1.29 is 22.8 Å². The van der Waals surface area contributed by atoms with Crippen LogP contribution in [0, 0.1) is 22.3 Å². The second-order valence-electron chi connectivity index (χ2n) is 3.14. The molecule has 0 radical (unpaired) electrons. The zero-order valence-electron chi connectivity index (χ0n) is 10.3. The van der Waals surface area contributed by atoms with Crippen LogP contribution in [0.5, 0.6) is 0 Å². The lowest BCUT2D eigenvalue weighted by atomic mass is 10.1. The molecule has 0 aromatic carbocycles. The van der Waals surface area contributed by atoms with E-state index in [-0.39, 0.29) is 10.7 Å². The molecular weight excluding hydrogens is 297 g/mol. The summed E-state index contributed by atoms with van der Waals surface area (Å²) >= 11 is 1.09. The molecule has 0 N–H and O–H groups in total. The Kier molecular flexibility index (Phi) is 7.43. The van der Waals surface area contributed by atoms with Crippen LogP contribution in [0.4, 0.5) is 13.2 Å². The molecule has 0 rings (SSSR count). The topological polar surface area (TPSA) is 34.1 Å². The van der Waals surface area contributed by atoms with Crippen molar-refractivity contribution in [2.24, 2.45) is 0 Å². The number of rotatable bonds is 0. The van der Waals surface area contributed by atoms with Crippen LogP contribution in [-0.4, -0.2) is 16.4 Å². The summed E-state index contributed by atoms with van der Waals surface area (Å²) in [5.41, 5.74) is -1.41. The summed E-state index contributed by atoms with van der Waals surface area (Å²) in [6.45, 7) is 3.61. The van der Waals surface area contributed by atoms with Gasteiger partial charge in [-0.1, -0.05) is 5.92 Å². The molecule has 2 nitrogen and oxygen atoms in total. The molecule has 0 aliphatic rings. The number of carbonyl (C=O) groups is 2. The first kappa shape index (κ1) is 17.7. The molecule has 0 saturated carbocycles. The van der Waals surface area contributed by atoms with E-state index in [0.717, 1.165) is 6.92 Å². The molecule has 7 heteroatoms. The Morgan fingerprint density at radius 3 is 1.68 bits per heavy atom. The summed E-state index contributed by atoms with van der Waals surface area (Å²) in [5, 5.41) is 3.61. The fourth-order valence-corrected chi connectivity index (χ4v) is 1.41. The van der Waals surface area contributed by atoms with Crippen molar-refractivity contribution in [2.75, 3.05) is 0 Å². The van der Waals surface area contributed by atoms with Crippen molar-refractivity contribution >= 4 is 33.8 Å². The predicted molar refractivity (Wildman–Crippen MR) is 70.9 cm³/mol. The lowest BCUT2D eigenvalue weighted by Crippen LogP contribution is -2.12. The van der Waals surface area contributed by atoms with Gasteiger partial charge in [0.1, 0.15) is 5.57 Å². The maximum absolute atomic E-state index is 12.7. The normalized spacial score (nSPS) is 11.5. The first-order chi connectivity index (χ1) is 8.64. The van der Waals surface area contributed by atoms with Gasteiger partial charge < -0.3 is 0 Å². The molecule has 0 atom stereocenters. The van der Waals surface area contributed by atoms with Crippen molar-refractivity contribution in [1.29, 1.82) is 0 Å². The summed E-state index contributed by atoms with van der Waals surface area (Å²) in [5.74, 6) is 4.09. The molecular formula is C12H9F3O2S2. The molecule has 0 aromatic heterocycles. The van der Waals surface area contributed by atoms with E-state index in [1.165, 1.54) is 13.8 Å². The lowest BCUT2D eigenvalue weighted by molar-refractivity contribution is -0.109. The highest BCUT2D eigenvalue weighted by atomic mass is 32.2. The molecule has 0 heterocycles. The summed E-state index contributed by atoms with van der Waals surface area (Å²) in [6.07, 6.45) is -4.65. The third-order valence-corrected chi connectivity index (χ3v) is 2.45. The van der Waals surface area contributed by atoms with E-state index < -0.39 is 16.9 Å². The van der Waals surface area contributed by atoms with E-state index >= 15 is 0 Å². The highest BCUT2D eigenvalue weighted by Gasteiger charge is 2.34. The first-order valence-electron chi connectivity index (χ1n) is 4.79. The molecule has 0 spiro atoms. The Bertz CT molecular complexity index is 525. The summed E-state index contributed by atoms with van der Waals surface area (Å²) in [4.78, 5) is 21.2. The van der Waals surface area contributed by atoms with Crippen molar-refractivity contribution in [3.63, 3.8) is 0 Å². The zero-order chi connectivity index (χ0) is 15.1. The standard InChI is InChI=1S/C12H9F3O2S2/c1-8(4-6-18-9(2)16)11(12(13,14)15)5-7-19-10(3)17/h1-3H3. The molecule has 0 aromatic rings. The Morgan fingerprint density at radius 1 is 0.895 bits per heavy atom. The van der Waals surface area contributed by atoms with Crippen LogP contribution in [0.1, 0.15) is 20.8 Å². The Balaban J connectivity index is 5.31. The Hall–Kier alpha value is -1.31. The first-order valence-corrected chi connectivity index (χ1v) is 6.42. The molecule has 0 unspecified atom stereocenters. The molecule has 0 bridgehead atoms. The molecule has 0 aliphatic heterocycles. The highest BCUT2D eigenvalue weighted by molar-refractivity contribution is 8.17. The van der Waals surface area contributed by atoms with Gasteiger partial charge in [-0.3, -0.25) is 9.59 Å². The Morgan fingerprint density at radius 2 is 1.32 bits per heavy atom. The van der Waals surface area contributed by atoms with Crippen LogP contribution in [0.15, 0.2) is 11.1 Å². The van der Waals surface area contributed by atoms with Crippen LogP contribution in [-0.2, 0) is 9.59 Å². The van der Waals surface area contributed by atoms with Gasteiger partial charge in [-0.15, -0.1) is 0 Å². The number of alkyl halides is 3. The van der Waals surface area contributed by atoms with Crippen LogP contribution in [0.2, 0.25) is 0 Å². The van der Waals surface area contributed by atoms with Crippen LogP contribution < -0.4 is 0 Å². The summed E-state index contributed by atoms with van der Waals surface area (Å²) in [6, 6.07) is 0. The number of carbonyl (C=O) groups excluding carboxylic acids is 2. The maximum Gasteiger partial charge on any atom is 0.425 e. The highest BCUT2D eigenvalue weighted by Crippen LogP contribution is 2.27. The van der Waals surface area contributed by atoms with Gasteiger partial charge in [0.2, 0.25) is 0 Å². The quantitative estimate of drug-likeness (QED) is 0.643. The number of allylic oxidation sites excluding steroid dienone is 2. The van der Waals surface area contributed by atoms with Gasteiger partial charge in [0.25, 0.3) is 0 Å². The van der Waals surface area contributed by atoms with Crippen molar-refractivity contribution in [3.05, 3.63) is 11.1 Å². The summed E-state index contributed by atoms with van der Waals surface area (Å²) < 4.78 is 38.1. The smallest absolute Gasteiger partial charge is 0.287 e. The number of hydrogen-bond donors (Lipinski definition) is 0. The zero-order valence-corrected chi connectivity index (χ0v) is 11.9. The minimum absolute atomic E-state index is 0.294. The van der Waals surface area contributed by atoms with Crippen molar-refractivity contribution in [1.82, 2.24) is 0 Å². The third-order valence-electron chi connectivity index (χ3n) is 1.46. The maximum atomic E-state index is 12.7. The molecule has 0 fully saturated rings. The minimum Gasteiger partial charge on any atom is -0.287 e. The van der Waals surface area contributed by atoms with E-state index in [9.17, 15) is 22.8 Å². The fourth-order valence-electron chi connectivity index (χ4n) is 0.762. The molecule has 0 saturated heterocycles. The second-order valence-corrected chi connectivity index (χ2v) is 5.11. The van der Waals surface area contributed by atoms with Gasteiger partial charge >= 0.3 is 6.18 Å². The summed E-state index contributed by atoms with van der Waals surface area (Å²) in [7, 11) is 0. The molecule has 0 amide bonds. The van der Waals surface area contributed by atoms with Gasteiger partial charge in [-0.2, -0.15) is 13.2 Å². The van der Waals surface area contributed by atoms with Crippen LogP contribution >= 0.6 is 23.5 Å². The van der Waals surface area contributed by atoms with E-state index in [1.54, 1.807) is 0 Å². The third kappa shape index (κ3) is 8.41. The average molecular weight is 306 g/mol. The average Bonchev–Trinajstić information content (AvgIpc) is 2.21. The predicted octanol–water partition coefficient (Wildman–Crippen LogP) is 3.35. The number of thioether (sulfide) groups is 2.